The molecule has 0 aliphatic carbocycles. The Balaban J connectivity index is 1.92. The van der Waals surface area contributed by atoms with Crippen LogP contribution in [0.1, 0.15) is 63.3 Å². The SMILES string of the molecule is C[C@H](CC(=O)N1CCc2ccccc2[C@H]1c1ccccc1Cl)CC(C)(C)C. The Bertz CT molecular complexity index is 808. The van der Waals surface area contributed by atoms with Crippen LogP contribution in [0.25, 0.3) is 0 Å². The van der Waals surface area contributed by atoms with Crippen molar-refractivity contribution in [1.82, 2.24) is 4.90 Å². The second-order valence-corrected chi connectivity index (χ2v) is 9.44. The molecule has 3 rings (SSSR count). The van der Waals surface area contributed by atoms with E-state index < -0.39 is 0 Å². The highest BCUT2D eigenvalue weighted by atomic mass is 35.5. The van der Waals surface area contributed by atoms with Crippen LogP contribution in [0.4, 0.5) is 0 Å². The lowest BCUT2D eigenvalue weighted by atomic mass is 9.83. The zero-order valence-corrected chi connectivity index (χ0v) is 17.6. The number of carbonyl (C=O) groups excluding carboxylic acids is 1. The third kappa shape index (κ3) is 4.73. The van der Waals surface area contributed by atoms with Crippen LogP contribution in [0.5, 0.6) is 0 Å². The third-order valence-corrected chi connectivity index (χ3v) is 5.63. The smallest absolute Gasteiger partial charge is 0.223 e. The second-order valence-electron chi connectivity index (χ2n) is 9.03. The van der Waals surface area contributed by atoms with Gasteiger partial charge in [-0.2, -0.15) is 0 Å². The maximum atomic E-state index is 13.3. The van der Waals surface area contributed by atoms with Crippen molar-refractivity contribution in [1.29, 1.82) is 0 Å². The lowest BCUT2D eigenvalue weighted by Gasteiger charge is -2.39. The van der Waals surface area contributed by atoms with Crippen LogP contribution in [-0.2, 0) is 11.2 Å². The number of hydrogen-bond donors (Lipinski definition) is 0. The molecule has 0 radical (unpaired) electrons. The van der Waals surface area contributed by atoms with Gasteiger partial charge in [0.25, 0.3) is 0 Å². The van der Waals surface area contributed by atoms with Crippen molar-refractivity contribution in [3.05, 3.63) is 70.2 Å². The fourth-order valence-corrected chi connectivity index (χ4v) is 4.64. The normalized spacial score (nSPS) is 18.1. The average Bonchev–Trinajstić information content (AvgIpc) is 2.59. The van der Waals surface area contributed by atoms with E-state index in [1.54, 1.807) is 0 Å². The summed E-state index contributed by atoms with van der Waals surface area (Å²) < 4.78 is 0. The molecule has 1 amide bonds. The quantitative estimate of drug-likeness (QED) is 0.608. The highest BCUT2D eigenvalue weighted by Gasteiger charge is 2.33. The molecule has 2 nitrogen and oxygen atoms in total. The van der Waals surface area contributed by atoms with Crippen molar-refractivity contribution in [3.63, 3.8) is 0 Å². The van der Waals surface area contributed by atoms with Gasteiger partial charge in [-0.25, -0.2) is 0 Å². The fraction of sp³-hybridized carbons (Fsp3) is 0.458. The minimum Gasteiger partial charge on any atom is -0.331 e. The Morgan fingerprint density at radius 2 is 1.74 bits per heavy atom. The lowest BCUT2D eigenvalue weighted by Crippen LogP contribution is -2.41. The van der Waals surface area contributed by atoms with Gasteiger partial charge in [0.1, 0.15) is 0 Å². The number of benzene rings is 2. The van der Waals surface area contributed by atoms with Crippen molar-refractivity contribution in [2.45, 2.75) is 53.0 Å². The lowest BCUT2D eigenvalue weighted by molar-refractivity contribution is -0.134. The molecule has 2 atom stereocenters. The Kier molecular flexibility index (Phi) is 5.95. The molecule has 0 unspecified atom stereocenters. The maximum absolute atomic E-state index is 13.3. The Morgan fingerprint density at radius 1 is 1.11 bits per heavy atom. The second kappa shape index (κ2) is 8.06. The van der Waals surface area contributed by atoms with Crippen LogP contribution >= 0.6 is 11.6 Å². The first-order valence-electron chi connectivity index (χ1n) is 9.88. The molecule has 0 N–H and O–H groups in total. The molecule has 0 fully saturated rings. The standard InChI is InChI=1S/C24H30ClNO/c1-17(16-24(2,3)4)15-22(27)26-14-13-18-9-5-6-10-19(18)23(26)20-11-7-8-12-21(20)25/h5-12,17,23H,13-16H2,1-4H3/t17-,23+/m1/s1. The summed E-state index contributed by atoms with van der Waals surface area (Å²) >= 11 is 6.55. The van der Waals surface area contributed by atoms with Crippen LogP contribution in [0.2, 0.25) is 5.02 Å². The zero-order valence-electron chi connectivity index (χ0n) is 16.8. The first kappa shape index (κ1) is 19.9. The third-order valence-electron chi connectivity index (χ3n) is 5.29. The summed E-state index contributed by atoms with van der Waals surface area (Å²) in [5.41, 5.74) is 3.77. The van der Waals surface area contributed by atoms with Gasteiger partial charge in [0, 0.05) is 18.0 Å². The minimum absolute atomic E-state index is 0.0991. The highest BCUT2D eigenvalue weighted by molar-refractivity contribution is 6.31. The molecule has 0 saturated carbocycles. The molecule has 0 spiro atoms. The predicted octanol–water partition coefficient (Wildman–Crippen LogP) is 6.28. The van der Waals surface area contributed by atoms with Gasteiger partial charge in [0.05, 0.1) is 6.04 Å². The summed E-state index contributed by atoms with van der Waals surface area (Å²) in [6.07, 6.45) is 2.52. The molecule has 1 aliphatic heterocycles. The topological polar surface area (TPSA) is 20.3 Å². The molecule has 1 aliphatic rings. The molecule has 27 heavy (non-hydrogen) atoms. The molecule has 3 heteroatoms. The van der Waals surface area contributed by atoms with Crippen molar-refractivity contribution < 1.29 is 4.79 Å². The predicted molar refractivity (Wildman–Crippen MR) is 113 cm³/mol. The summed E-state index contributed by atoms with van der Waals surface area (Å²) in [4.78, 5) is 15.3. The van der Waals surface area contributed by atoms with Crippen molar-refractivity contribution in [2.24, 2.45) is 11.3 Å². The minimum atomic E-state index is -0.0991. The van der Waals surface area contributed by atoms with Crippen LogP contribution < -0.4 is 0 Å². The van der Waals surface area contributed by atoms with Gasteiger partial charge >= 0.3 is 0 Å². The number of fused-ring (bicyclic) bond motifs is 1. The van der Waals surface area contributed by atoms with Gasteiger partial charge in [0.2, 0.25) is 5.91 Å². The van der Waals surface area contributed by atoms with Gasteiger partial charge in [-0.1, -0.05) is 81.8 Å². The van der Waals surface area contributed by atoms with Crippen LogP contribution in [-0.4, -0.2) is 17.4 Å². The fourth-order valence-electron chi connectivity index (χ4n) is 4.40. The van der Waals surface area contributed by atoms with E-state index >= 15 is 0 Å². The monoisotopic (exact) mass is 383 g/mol. The summed E-state index contributed by atoms with van der Waals surface area (Å²) in [7, 11) is 0. The van der Waals surface area contributed by atoms with Crippen molar-refractivity contribution in [3.8, 4) is 0 Å². The van der Waals surface area contributed by atoms with Gasteiger partial charge in [0.15, 0.2) is 0 Å². The van der Waals surface area contributed by atoms with E-state index in [1.807, 2.05) is 29.2 Å². The van der Waals surface area contributed by atoms with Crippen molar-refractivity contribution >= 4 is 17.5 Å². The number of rotatable bonds is 4. The molecular weight excluding hydrogens is 354 g/mol. The molecule has 144 valence electrons. The Labute approximate surface area is 168 Å². The van der Waals surface area contributed by atoms with E-state index in [0.717, 1.165) is 30.0 Å². The highest BCUT2D eigenvalue weighted by Crippen LogP contribution is 2.39. The summed E-state index contributed by atoms with van der Waals surface area (Å²) in [5, 5.41) is 0.722. The summed E-state index contributed by atoms with van der Waals surface area (Å²) in [6.45, 7) is 9.63. The first-order chi connectivity index (χ1) is 12.8. The summed E-state index contributed by atoms with van der Waals surface area (Å²) in [6, 6.07) is 16.3. The van der Waals surface area contributed by atoms with Crippen molar-refractivity contribution in [2.75, 3.05) is 6.54 Å². The number of halogens is 1. The van der Waals surface area contributed by atoms with Crippen LogP contribution in [0.3, 0.4) is 0 Å². The molecule has 2 aromatic carbocycles. The van der Waals surface area contributed by atoms with E-state index in [-0.39, 0.29) is 17.4 Å². The van der Waals surface area contributed by atoms with E-state index in [0.29, 0.717) is 12.3 Å². The Hall–Kier alpha value is -1.80. The van der Waals surface area contributed by atoms with Crippen LogP contribution in [0, 0.1) is 11.3 Å². The molecule has 1 heterocycles. The largest absolute Gasteiger partial charge is 0.331 e. The molecule has 0 saturated heterocycles. The van der Waals surface area contributed by atoms with Gasteiger partial charge < -0.3 is 4.90 Å². The number of amides is 1. The zero-order chi connectivity index (χ0) is 19.6. The summed E-state index contributed by atoms with van der Waals surface area (Å²) in [5.74, 6) is 0.590. The molecule has 0 bridgehead atoms. The molecule has 2 aromatic rings. The van der Waals surface area contributed by atoms with Gasteiger partial charge in [-0.05, 0) is 46.9 Å². The van der Waals surface area contributed by atoms with Gasteiger partial charge in [-0.3, -0.25) is 4.79 Å². The number of hydrogen-bond acceptors (Lipinski definition) is 1. The average molecular weight is 384 g/mol. The Morgan fingerprint density at radius 3 is 2.41 bits per heavy atom. The van der Waals surface area contributed by atoms with E-state index in [2.05, 4.69) is 52.0 Å². The van der Waals surface area contributed by atoms with E-state index in [1.165, 1.54) is 11.1 Å². The van der Waals surface area contributed by atoms with Gasteiger partial charge in [-0.15, -0.1) is 0 Å². The molecule has 0 aromatic heterocycles. The van der Waals surface area contributed by atoms with E-state index in [4.69, 9.17) is 11.6 Å². The molecular formula is C24H30ClNO. The number of nitrogens with zero attached hydrogens (tertiary/aromatic N) is 1. The van der Waals surface area contributed by atoms with E-state index in [9.17, 15) is 4.79 Å². The maximum Gasteiger partial charge on any atom is 0.223 e. The first-order valence-corrected chi connectivity index (χ1v) is 10.3. The van der Waals surface area contributed by atoms with Crippen LogP contribution in [0.15, 0.2) is 48.5 Å². The number of carbonyl (C=O) groups is 1.